The van der Waals surface area contributed by atoms with Gasteiger partial charge in [-0.15, -0.1) is 0 Å². The molecule has 0 saturated heterocycles. The maximum Gasteiger partial charge on any atom is 0.339 e. The van der Waals surface area contributed by atoms with Gasteiger partial charge in [0.15, 0.2) is 0 Å². The molecule has 0 fully saturated rings. The molecule has 3 N–H and O–H groups in total. The van der Waals surface area contributed by atoms with E-state index < -0.39 is 17.6 Å². The Bertz CT molecular complexity index is 368. The standard InChI is InChI=1S/C11H17NO4/c1-7(13)11(2,3)12-6-9-8(10(14)15)4-5-16-9/h4-5,7,12-13H,6H2,1-3H3,(H,14,15). The monoisotopic (exact) mass is 227 g/mol. The molecule has 16 heavy (non-hydrogen) atoms. The van der Waals surface area contributed by atoms with Gasteiger partial charge in [0.1, 0.15) is 11.3 Å². The van der Waals surface area contributed by atoms with Crippen LogP contribution in [-0.2, 0) is 6.54 Å². The summed E-state index contributed by atoms with van der Waals surface area (Å²) < 4.78 is 5.08. The van der Waals surface area contributed by atoms with Crippen LogP contribution in [0, 0.1) is 0 Å². The maximum absolute atomic E-state index is 10.8. The van der Waals surface area contributed by atoms with Crippen LogP contribution in [0.1, 0.15) is 36.9 Å². The molecule has 0 aromatic carbocycles. The number of carboxylic acid groups (broad SMARTS) is 1. The Morgan fingerprint density at radius 1 is 1.62 bits per heavy atom. The van der Waals surface area contributed by atoms with Gasteiger partial charge in [0.2, 0.25) is 0 Å². The second-order valence-corrected chi connectivity index (χ2v) is 4.31. The highest BCUT2D eigenvalue weighted by molar-refractivity contribution is 5.88. The molecule has 1 aromatic rings. The van der Waals surface area contributed by atoms with Crippen molar-refractivity contribution in [2.75, 3.05) is 0 Å². The fourth-order valence-corrected chi connectivity index (χ4v) is 1.12. The number of furan rings is 1. The molecule has 0 aliphatic heterocycles. The maximum atomic E-state index is 10.8. The van der Waals surface area contributed by atoms with Crippen LogP contribution in [0.4, 0.5) is 0 Å². The number of hydrogen-bond acceptors (Lipinski definition) is 4. The van der Waals surface area contributed by atoms with Crippen molar-refractivity contribution in [3.8, 4) is 0 Å². The lowest BCUT2D eigenvalue weighted by Gasteiger charge is -2.29. The van der Waals surface area contributed by atoms with Crippen LogP contribution in [0.3, 0.4) is 0 Å². The van der Waals surface area contributed by atoms with Gasteiger partial charge in [-0.1, -0.05) is 0 Å². The van der Waals surface area contributed by atoms with Crippen LogP contribution >= 0.6 is 0 Å². The fourth-order valence-electron chi connectivity index (χ4n) is 1.12. The van der Waals surface area contributed by atoms with Crippen molar-refractivity contribution in [1.82, 2.24) is 5.32 Å². The molecule has 0 bridgehead atoms. The zero-order chi connectivity index (χ0) is 12.3. The normalized spacial score (nSPS) is 13.8. The molecule has 1 aromatic heterocycles. The molecule has 1 atom stereocenters. The van der Waals surface area contributed by atoms with E-state index >= 15 is 0 Å². The van der Waals surface area contributed by atoms with E-state index in [-0.39, 0.29) is 12.1 Å². The molecular formula is C11H17NO4. The van der Waals surface area contributed by atoms with E-state index in [1.807, 2.05) is 13.8 Å². The number of aliphatic hydroxyl groups is 1. The Morgan fingerprint density at radius 3 is 2.75 bits per heavy atom. The number of hydrogen-bond donors (Lipinski definition) is 3. The van der Waals surface area contributed by atoms with E-state index in [0.29, 0.717) is 5.76 Å². The minimum Gasteiger partial charge on any atom is -0.478 e. The van der Waals surface area contributed by atoms with Gasteiger partial charge in [-0.25, -0.2) is 4.79 Å². The Hall–Kier alpha value is -1.33. The Kier molecular flexibility index (Phi) is 3.72. The van der Waals surface area contributed by atoms with Crippen LogP contribution in [-0.4, -0.2) is 27.8 Å². The SMILES string of the molecule is CC(O)C(C)(C)NCc1occc1C(=O)O. The largest absolute Gasteiger partial charge is 0.478 e. The van der Waals surface area contributed by atoms with Crippen molar-refractivity contribution >= 4 is 5.97 Å². The lowest BCUT2D eigenvalue weighted by Crippen LogP contribution is -2.47. The average Bonchev–Trinajstić information content (AvgIpc) is 2.62. The first-order valence-electron chi connectivity index (χ1n) is 5.07. The highest BCUT2D eigenvalue weighted by Crippen LogP contribution is 2.14. The van der Waals surface area contributed by atoms with E-state index in [9.17, 15) is 9.90 Å². The van der Waals surface area contributed by atoms with Gasteiger partial charge >= 0.3 is 5.97 Å². The van der Waals surface area contributed by atoms with Gasteiger partial charge in [-0.05, 0) is 26.8 Å². The Balaban J connectivity index is 2.68. The van der Waals surface area contributed by atoms with Crippen LogP contribution in [0.25, 0.3) is 0 Å². The zero-order valence-electron chi connectivity index (χ0n) is 9.65. The molecule has 1 heterocycles. The number of carbonyl (C=O) groups is 1. The van der Waals surface area contributed by atoms with Gasteiger partial charge in [-0.3, -0.25) is 0 Å². The molecule has 1 unspecified atom stereocenters. The van der Waals surface area contributed by atoms with Gasteiger partial charge in [0.25, 0.3) is 0 Å². The van der Waals surface area contributed by atoms with E-state index in [1.54, 1.807) is 6.92 Å². The predicted octanol–water partition coefficient (Wildman–Crippen LogP) is 1.23. The summed E-state index contributed by atoms with van der Waals surface area (Å²) in [5.41, 5.74) is -0.350. The van der Waals surface area contributed by atoms with Crippen molar-refractivity contribution in [3.63, 3.8) is 0 Å². The number of carboxylic acids is 1. The van der Waals surface area contributed by atoms with Crippen molar-refractivity contribution in [2.45, 2.75) is 39.0 Å². The second-order valence-electron chi connectivity index (χ2n) is 4.31. The van der Waals surface area contributed by atoms with Gasteiger partial charge in [0.05, 0.1) is 18.9 Å². The van der Waals surface area contributed by atoms with Crippen molar-refractivity contribution < 1.29 is 19.4 Å². The zero-order valence-corrected chi connectivity index (χ0v) is 9.65. The lowest BCUT2D eigenvalue weighted by molar-refractivity contribution is 0.0692. The van der Waals surface area contributed by atoms with Gasteiger partial charge in [-0.2, -0.15) is 0 Å². The summed E-state index contributed by atoms with van der Waals surface area (Å²) in [6, 6.07) is 1.41. The van der Waals surface area contributed by atoms with Crippen LogP contribution in [0.2, 0.25) is 0 Å². The van der Waals surface area contributed by atoms with Crippen molar-refractivity contribution in [2.24, 2.45) is 0 Å². The Labute approximate surface area is 94.1 Å². The number of aromatic carboxylic acids is 1. The van der Waals surface area contributed by atoms with Crippen LogP contribution in [0.15, 0.2) is 16.7 Å². The molecule has 0 aliphatic carbocycles. The van der Waals surface area contributed by atoms with Crippen LogP contribution in [0.5, 0.6) is 0 Å². The minimum absolute atomic E-state index is 0.147. The summed E-state index contributed by atoms with van der Waals surface area (Å²) in [4.78, 5) is 10.8. The average molecular weight is 227 g/mol. The number of nitrogens with one attached hydrogen (secondary N) is 1. The molecule has 1 rings (SSSR count). The Morgan fingerprint density at radius 2 is 2.25 bits per heavy atom. The third-order valence-corrected chi connectivity index (χ3v) is 2.72. The van der Waals surface area contributed by atoms with E-state index in [0.717, 1.165) is 0 Å². The molecule has 5 heteroatoms. The summed E-state index contributed by atoms with van der Waals surface area (Å²) in [7, 11) is 0. The summed E-state index contributed by atoms with van der Waals surface area (Å²) in [6.45, 7) is 5.61. The summed E-state index contributed by atoms with van der Waals surface area (Å²) >= 11 is 0. The molecular weight excluding hydrogens is 210 g/mol. The fraction of sp³-hybridized carbons (Fsp3) is 0.545. The van der Waals surface area contributed by atoms with E-state index in [4.69, 9.17) is 9.52 Å². The van der Waals surface area contributed by atoms with E-state index in [1.165, 1.54) is 12.3 Å². The van der Waals surface area contributed by atoms with Gasteiger partial charge < -0.3 is 19.9 Å². The number of aliphatic hydroxyl groups excluding tert-OH is 1. The summed E-state index contributed by atoms with van der Waals surface area (Å²) in [5.74, 6) is -0.651. The third kappa shape index (κ3) is 2.84. The number of rotatable bonds is 5. The first-order valence-corrected chi connectivity index (χ1v) is 5.07. The van der Waals surface area contributed by atoms with Crippen LogP contribution < -0.4 is 5.32 Å². The first kappa shape index (κ1) is 12.7. The summed E-state index contributed by atoms with van der Waals surface area (Å²) in [6.07, 6.45) is 0.797. The summed E-state index contributed by atoms with van der Waals surface area (Å²) in [5, 5.41) is 21.4. The second kappa shape index (κ2) is 4.67. The minimum atomic E-state index is -1.01. The molecule has 0 spiro atoms. The molecule has 5 nitrogen and oxygen atoms in total. The molecule has 90 valence electrons. The molecule has 0 radical (unpaired) electrons. The topological polar surface area (TPSA) is 82.7 Å². The molecule has 0 amide bonds. The van der Waals surface area contributed by atoms with E-state index in [2.05, 4.69) is 5.32 Å². The lowest BCUT2D eigenvalue weighted by atomic mass is 9.99. The van der Waals surface area contributed by atoms with Gasteiger partial charge in [0, 0.05) is 5.54 Å². The predicted molar refractivity (Wildman–Crippen MR) is 58.3 cm³/mol. The highest BCUT2D eigenvalue weighted by atomic mass is 16.4. The third-order valence-electron chi connectivity index (χ3n) is 2.72. The molecule has 0 saturated carbocycles. The molecule has 0 aliphatic rings. The highest BCUT2D eigenvalue weighted by Gasteiger charge is 2.24. The quantitative estimate of drug-likeness (QED) is 0.704. The van der Waals surface area contributed by atoms with Crippen molar-refractivity contribution in [1.29, 1.82) is 0 Å². The van der Waals surface area contributed by atoms with Crippen molar-refractivity contribution in [3.05, 3.63) is 23.7 Å². The smallest absolute Gasteiger partial charge is 0.339 e. The first-order chi connectivity index (χ1) is 7.34.